The molecule has 4 nitrogen and oxygen atoms in total. The van der Waals surface area contributed by atoms with Crippen molar-refractivity contribution in [2.75, 3.05) is 13.1 Å². The third-order valence-corrected chi connectivity index (χ3v) is 3.42. The maximum atomic E-state index is 9.72. The van der Waals surface area contributed by atoms with Gasteiger partial charge in [0.1, 0.15) is 0 Å². The van der Waals surface area contributed by atoms with Crippen molar-refractivity contribution in [3.8, 4) is 0 Å². The smallest absolute Gasteiger partial charge is 0.221 e. The molecule has 0 fully saturated rings. The van der Waals surface area contributed by atoms with Crippen molar-refractivity contribution in [2.24, 2.45) is 0 Å². The Labute approximate surface area is 113 Å². The van der Waals surface area contributed by atoms with Crippen LogP contribution in [0.25, 0.3) is 10.9 Å². The molecule has 1 heterocycles. The highest BCUT2D eigenvalue weighted by molar-refractivity contribution is 5.83. The van der Waals surface area contributed by atoms with Gasteiger partial charge < -0.3 is 15.2 Å². The standard InChI is InChI=1S/C15H22N2O2/c1-3-9-17(15(2,18)19)10-8-12-11-16-14-7-5-4-6-13(12)14/h4-7,11,16,18-19H,3,8-10H2,1-2H3. The zero-order valence-corrected chi connectivity index (χ0v) is 11.6. The molecule has 0 bridgehead atoms. The van der Waals surface area contributed by atoms with Crippen molar-refractivity contribution >= 4 is 10.9 Å². The van der Waals surface area contributed by atoms with Gasteiger partial charge in [-0.3, -0.25) is 4.90 Å². The minimum absolute atomic E-state index is 0.624. The number of fused-ring (bicyclic) bond motifs is 1. The lowest BCUT2D eigenvalue weighted by Gasteiger charge is -2.31. The Kier molecular flexibility index (Phi) is 4.24. The number of para-hydroxylation sites is 1. The highest BCUT2D eigenvalue weighted by atomic mass is 16.5. The van der Waals surface area contributed by atoms with Crippen LogP contribution in [-0.2, 0) is 6.42 Å². The van der Waals surface area contributed by atoms with E-state index in [0.717, 1.165) is 18.4 Å². The summed E-state index contributed by atoms with van der Waals surface area (Å²) in [6, 6.07) is 8.16. The van der Waals surface area contributed by atoms with Crippen LogP contribution in [0.5, 0.6) is 0 Å². The van der Waals surface area contributed by atoms with Crippen molar-refractivity contribution in [1.82, 2.24) is 9.88 Å². The molecule has 1 aromatic carbocycles. The molecule has 0 unspecified atom stereocenters. The molecule has 1 aromatic heterocycles. The minimum atomic E-state index is -1.75. The quantitative estimate of drug-likeness (QED) is 0.699. The third-order valence-electron chi connectivity index (χ3n) is 3.42. The zero-order valence-electron chi connectivity index (χ0n) is 11.6. The molecule has 0 aliphatic rings. The molecule has 3 N–H and O–H groups in total. The molecule has 2 aromatic rings. The van der Waals surface area contributed by atoms with Crippen LogP contribution >= 0.6 is 0 Å². The summed E-state index contributed by atoms with van der Waals surface area (Å²) < 4.78 is 0. The molecule has 19 heavy (non-hydrogen) atoms. The van der Waals surface area contributed by atoms with E-state index in [2.05, 4.69) is 11.1 Å². The fraction of sp³-hybridized carbons (Fsp3) is 0.467. The van der Waals surface area contributed by atoms with E-state index >= 15 is 0 Å². The Balaban J connectivity index is 2.08. The van der Waals surface area contributed by atoms with E-state index in [1.807, 2.05) is 31.3 Å². The molecule has 0 radical (unpaired) electrons. The Morgan fingerprint density at radius 1 is 1.21 bits per heavy atom. The molecule has 0 saturated heterocycles. The van der Waals surface area contributed by atoms with Crippen LogP contribution in [0.3, 0.4) is 0 Å². The van der Waals surface area contributed by atoms with Gasteiger partial charge in [-0.2, -0.15) is 0 Å². The summed E-state index contributed by atoms with van der Waals surface area (Å²) in [7, 11) is 0. The number of hydrogen-bond donors (Lipinski definition) is 3. The summed E-state index contributed by atoms with van der Waals surface area (Å²) in [6.45, 7) is 4.74. The molecule has 0 spiro atoms. The van der Waals surface area contributed by atoms with Gasteiger partial charge in [-0.25, -0.2) is 0 Å². The predicted octanol–water partition coefficient (Wildman–Crippen LogP) is 2.08. The summed E-state index contributed by atoms with van der Waals surface area (Å²) >= 11 is 0. The second-order valence-electron chi connectivity index (χ2n) is 5.07. The largest absolute Gasteiger partial charge is 0.361 e. The van der Waals surface area contributed by atoms with E-state index in [9.17, 15) is 10.2 Å². The van der Waals surface area contributed by atoms with Crippen LogP contribution in [0.2, 0.25) is 0 Å². The van der Waals surface area contributed by atoms with Crippen molar-refractivity contribution in [3.05, 3.63) is 36.0 Å². The van der Waals surface area contributed by atoms with E-state index in [1.165, 1.54) is 17.9 Å². The Morgan fingerprint density at radius 2 is 1.95 bits per heavy atom. The number of nitrogens with zero attached hydrogens (tertiary/aromatic N) is 1. The molecule has 2 rings (SSSR count). The van der Waals surface area contributed by atoms with Gasteiger partial charge in [-0.15, -0.1) is 0 Å². The van der Waals surface area contributed by atoms with Gasteiger partial charge in [0.15, 0.2) is 0 Å². The molecule has 104 valence electrons. The van der Waals surface area contributed by atoms with Gasteiger partial charge in [0.05, 0.1) is 0 Å². The topological polar surface area (TPSA) is 59.5 Å². The fourth-order valence-corrected chi connectivity index (χ4v) is 2.40. The Bertz CT molecular complexity index is 528. The number of aromatic nitrogens is 1. The number of benzene rings is 1. The second-order valence-corrected chi connectivity index (χ2v) is 5.07. The van der Waals surface area contributed by atoms with E-state index in [4.69, 9.17) is 0 Å². The number of aromatic amines is 1. The predicted molar refractivity (Wildman–Crippen MR) is 76.7 cm³/mol. The lowest BCUT2D eigenvalue weighted by atomic mass is 10.1. The summed E-state index contributed by atoms with van der Waals surface area (Å²) in [5.74, 6) is -1.75. The number of nitrogens with one attached hydrogen (secondary N) is 1. The highest BCUT2D eigenvalue weighted by Crippen LogP contribution is 2.19. The molecule has 0 saturated carbocycles. The summed E-state index contributed by atoms with van der Waals surface area (Å²) in [5, 5.41) is 20.7. The van der Waals surface area contributed by atoms with Crippen LogP contribution in [0.15, 0.2) is 30.5 Å². The van der Waals surface area contributed by atoms with E-state index in [0.29, 0.717) is 13.1 Å². The molecule has 0 atom stereocenters. The summed E-state index contributed by atoms with van der Waals surface area (Å²) in [4.78, 5) is 4.93. The van der Waals surface area contributed by atoms with Crippen molar-refractivity contribution < 1.29 is 10.2 Å². The van der Waals surface area contributed by atoms with Gasteiger partial charge in [0.2, 0.25) is 5.91 Å². The normalized spacial score (nSPS) is 12.5. The number of hydrogen-bond acceptors (Lipinski definition) is 3. The molecular weight excluding hydrogens is 240 g/mol. The molecule has 0 aliphatic heterocycles. The third kappa shape index (κ3) is 3.35. The fourth-order valence-electron chi connectivity index (χ4n) is 2.40. The van der Waals surface area contributed by atoms with Gasteiger partial charge in [-0.05, 0) is 24.5 Å². The van der Waals surface area contributed by atoms with Gasteiger partial charge in [0.25, 0.3) is 0 Å². The van der Waals surface area contributed by atoms with E-state index in [1.54, 1.807) is 4.90 Å². The first-order chi connectivity index (χ1) is 9.02. The van der Waals surface area contributed by atoms with E-state index in [-0.39, 0.29) is 0 Å². The highest BCUT2D eigenvalue weighted by Gasteiger charge is 2.24. The van der Waals surface area contributed by atoms with Crippen LogP contribution < -0.4 is 0 Å². The lowest BCUT2D eigenvalue weighted by Crippen LogP contribution is -2.47. The zero-order chi connectivity index (χ0) is 13.9. The number of rotatable bonds is 6. The maximum Gasteiger partial charge on any atom is 0.221 e. The summed E-state index contributed by atoms with van der Waals surface area (Å²) in [6.07, 6.45) is 3.69. The van der Waals surface area contributed by atoms with Crippen molar-refractivity contribution in [2.45, 2.75) is 32.6 Å². The first-order valence-electron chi connectivity index (χ1n) is 6.77. The lowest BCUT2D eigenvalue weighted by molar-refractivity contribution is -0.250. The second kappa shape index (κ2) is 5.74. The first kappa shape index (κ1) is 14.1. The Morgan fingerprint density at radius 3 is 2.63 bits per heavy atom. The SMILES string of the molecule is CCCN(CCc1c[nH]c2ccccc12)C(C)(O)O. The number of H-pyrrole nitrogens is 1. The summed E-state index contributed by atoms with van der Waals surface area (Å²) in [5.41, 5.74) is 2.33. The molecule has 0 aliphatic carbocycles. The maximum absolute atomic E-state index is 9.72. The van der Waals surface area contributed by atoms with Crippen LogP contribution in [0, 0.1) is 0 Å². The average molecular weight is 262 g/mol. The Hall–Kier alpha value is -1.36. The van der Waals surface area contributed by atoms with Crippen molar-refractivity contribution in [1.29, 1.82) is 0 Å². The van der Waals surface area contributed by atoms with Crippen molar-refractivity contribution in [3.63, 3.8) is 0 Å². The van der Waals surface area contributed by atoms with Crippen LogP contribution in [0.4, 0.5) is 0 Å². The minimum Gasteiger partial charge on any atom is -0.361 e. The average Bonchev–Trinajstić information content (AvgIpc) is 2.76. The first-order valence-corrected chi connectivity index (χ1v) is 6.77. The monoisotopic (exact) mass is 262 g/mol. The number of aliphatic hydroxyl groups is 2. The molecular formula is C15H22N2O2. The van der Waals surface area contributed by atoms with E-state index < -0.39 is 5.91 Å². The van der Waals surface area contributed by atoms with Gasteiger partial charge in [-0.1, -0.05) is 25.1 Å². The van der Waals surface area contributed by atoms with Crippen LogP contribution in [0.1, 0.15) is 25.8 Å². The van der Waals surface area contributed by atoms with Gasteiger partial charge >= 0.3 is 0 Å². The van der Waals surface area contributed by atoms with Gasteiger partial charge in [0, 0.05) is 37.1 Å². The van der Waals surface area contributed by atoms with Crippen LogP contribution in [-0.4, -0.2) is 39.1 Å². The molecule has 0 amide bonds. The molecule has 4 heteroatoms.